The van der Waals surface area contributed by atoms with Crippen LogP contribution in [0.3, 0.4) is 0 Å². The Kier molecular flexibility index (Phi) is 3.02. The van der Waals surface area contributed by atoms with Gasteiger partial charge in [0.1, 0.15) is 5.01 Å². The van der Waals surface area contributed by atoms with Gasteiger partial charge in [0.15, 0.2) is 5.16 Å². The Labute approximate surface area is 93.6 Å². The minimum Gasteiger partial charge on any atom is -0.481 e. The molecule has 2 aromatic heterocycles. The second-order valence-corrected chi connectivity index (χ2v) is 4.48. The van der Waals surface area contributed by atoms with Gasteiger partial charge in [-0.3, -0.25) is 4.79 Å². The fourth-order valence-corrected chi connectivity index (χ4v) is 2.14. The number of thiazole rings is 1. The molecule has 7 heteroatoms. The van der Waals surface area contributed by atoms with Gasteiger partial charge < -0.3 is 10.1 Å². The summed E-state index contributed by atoms with van der Waals surface area (Å²) in [5, 5.41) is 11.8. The van der Waals surface area contributed by atoms with Gasteiger partial charge in [-0.05, 0) is 0 Å². The molecule has 78 valence electrons. The monoisotopic (exact) mass is 241 g/mol. The van der Waals surface area contributed by atoms with Gasteiger partial charge in [-0.25, -0.2) is 9.97 Å². The fourth-order valence-electron chi connectivity index (χ4n) is 0.972. The first-order valence-corrected chi connectivity index (χ1v) is 5.91. The summed E-state index contributed by atoms with van der Waals surface area (Å²) in [4.78, 5) is 21.5. The predicted molar refractivity (Wildman–Crippen MR) is 58.1 cm³/mol. The molecule has 0 aromatic carbocycles. The number of H-pyrrole nitrogens is 1. The lowest BCUT2D eigenvalue weighted by Crippen LogP contribution is -1.97. The Morgan fingerprint density at radius 2 is 2.47 bits per heavy atom. The van der Waals surface area contributed by atoms with Crippen LogP contribution in [0.2, 0.25) is 0 Å². The van der Waals surface area contributed by atoms with Crippen LogP contribution in [-0.2, 0) is 4.79 Å². The molecule has 0 aliphatic heterocycles. The van der Waals surface area contributed by atoms with Crippen molar-refractivity contribution in [2.24, 2.45) is 0 Å². The van der Waals surface area contributed by atoms with Crippen LogP contribution in [0.5, 0.6) is 0 Å². The Bertz CT molecular complexity index is 452. The summed E-state index contributed by atoms with van der Waals surface area (Å²) in [6, 6.07) is 0. The normalized spacial score (nSPS) is 10.4. The SMILES string of the molecule is O=C(O)CSc1ncc(-c2nccs2)[nH]1. The molecule has 0 aliphatic carbocycles. The summed E-state index contributed by atoms with van der Waals surface area (Å²) in [6.07, 6.45) is 3.37. The van der Waals surface area contributed by atoms with Crippen LogP contribution in [0.15, 0.2) is 22.9 Å². The number of imidazole rings is 1. The lowest BCUT2D eigenvalue weighted by molar-refractivity contribution is -0.133. The Hall–Kier alpha value is -1.34. The quantitative estimate of drug-likeness (QED) is 0.797. The average molecular weight is 241 g/mol. The van der Waals surface area contributed by atoms with Gasteiger partial charge >= 0.3 is 5.97 Å². The van der Waals surface area contributed by atoms with Crippen molar-refractivity contribution in [3.63, 3.8) is 0 Å². The Morgan fingerprint density at radius 1 is 1.60 bits per heavy atom. The summed E-state index contributed by atoms with van der Waals surface area (Å²) in [7, 11) is 0. The number of carboxylic acids is 1. The minimum atomic E-state index is -0.854. The number of hydrogen-bond donors (Lipinski definition) is 2. The molecule has 0 bridgehead atoms. The zero-order chi connectivity index (χ0) is 10.7. The predicted octanol–water partition coefficient (Wildman–Crippen LogP) is 1.71. The molecule has 2 aromatic rings. The van der Waals surface area contributed by atoms with E-state index >= 15 is 0 Å². The molecular weight excluding hydrogens is 234 g/mol. The summed E-state index contributed by atoms with van der Waals surface area (Å²) < 4.78 is 0. The molecule has 0 atom stereocenters. The van der Waals surface area contributed by atoms with Crippen molar-refractivity contribution in [2.75, 3.05) is 5.75 Å². The van der Waals surface area contributed by atoms with Crippen molar-refractivity contribution in [2.45, 2.75) is 5.16 Å². The first-order chi connectivity index (χ1) is 7.25. The molecule has 0 spiro atoms. The molecule has 0 unspecified atom stereocenters. The number of carbonyl (C=O) groups is 1. The Morgan fingerprint density at radius 3 is 3.13 bits per heavy atom. The first-order valence-electron chi connectivity index (χ1n) is 4.05. The van der Waals surface area contributed by atoms with Crippen molar-refractivity contribution in [1.29, 1.82) is 0 Å². The molecule has 0 saturated carbocycles. The molecule has 0 aliphatic rings. The fraction of sp³-hybridized carbons (Fsp3) is 0.125. The van der Waals surface area contributed by atoms with Gasteiger partial charge in [-0.15, -0.1) is 11.3 Å². The van der Waals surface area contributed by atoms with E-state index in [1.54, 1.807) is 12.4 Å². The van der Waals surface area contributed by atoms with Crippen molar-refractivity contribution in [3.05, 3.63) is 17.8 Å². The van der Waals surface area contributed by atoms with E-state index in [0.717, 1.165) is 22.5 Å². The van der Waals surface area contributed by atoms with Crippen LogP contribution < -0.4 is 0 Å². The van der Waals surface area contributed by atoms with Crippen molar-refractivity contribution < 1.29 is 9.90 Å². The second-order valence-electron chi connectivity index (χ2n) is 2.62. The summed E-state index contributed by atoms with van der Waals surface area (Å²) >= 11 is 2.66. The van der Waals surface area contributed by atoms with E-state index in [2.05, 4.69) is 15.0 Å². The van der Waals surface area contributed by atoms with Crippen LogP contribution in [0, 0.1) is 0 Å². The highest BCUT2D eigenvalue weighted by Crippen LogP contribution is 2.22. The number of nitrogens with zero attached hydrogens (tertiary/aromatic N) is 2. The number of aromatic amines is 1. The zero-order valence-corrected chi connectivity index (χ0v) is 9.14. The van der Waals surface area contributed by atoms with Crippen LogP contribution >= 0.6 is 23.1 Å². The molecule has 2 N–H and O–H groups in total. The van der Waals surface area contributed by atoms with E-state index < -0.39 is 5.97 Å². The van der Waals surface area contributed by atoms with Crippen molar-refractivity contribution >= 4 is 29.1 Å². The number of thioether (sulfide) groups is 1. The maximum Gasteiger partial charge on any atom is 0.313 e. The molecule has 0 fully saturated rings. The maximum absolute atomic E-state index is 10.3. The van der Waals surface area contributed by atoms with Crippen LogP contribution in [0.25, 0.3) is 10.7 Å². The van der Waals surface area contributed by atoms with E-state index in [9.17, 15) is 4.79 Å². The van der Waals surface area contributed by atoms with E-state index in [4.69, 9.17) is 5.11 Å². The topological polar surface area (TPSA) is 78.9 Å². The highest BCUT2D eigenvalue weighted by Gasteiger charge is 2.07. The van der Waals surface area contributed by atoms with E-state index in [1.165, 1.54) is 11.3 Å². The van der Waals surface area contributed by atoms with Crippen LogP contribution in [0.1, 0.15) is 0 Å². The molecule has 5 nitrogen and oxygen atoms in total. The molecule has 2 heterocycles. The van der Waals surface area contributed by atoms with Gasteiger partial charge in [0.05, 0.1) is 17.6 Å². The average Bonchev–Trinajstić information content (AvgIpc) is 2.85. The lowest BCUT2D eigenvalue weighted by Gasteiger charge is -1.91. The number of aromatic nitrogens is 3. The number of nitrogens with one attached hydrogen (secondary N) is 1. The summed E-state index contributed by atoms with van der Waals surface area (Å²) in [6.45, 7) is 0. The van der Waals surface area contributed by atoms with Gasteiger partial charge in [0.25, 0.3) is 0 Å². The number of carboxylic acid groups (broad SMARTS) is 1. The first kappa shape index (κ1) is 10.2. The highest BCUT2D eigenvalue weighted by molar-refractivity contribution is 7.99. The molecule has 15 heavy (non-hydrogen) atoms. The van der Waals surface area contributed by atoms with Gasteiger partial charge in [-0.1, -0.05) is 11.8 Å². The molecule has 0 saturated heterocycles. The van der Waals surface area contributed by atoms with E-state index in [-0.39, 0.29) is 5.75 Å². The van der Waals surface area contributed by atoms with Crippen LogP contribution in [0.4, 0.5) is 0 Å². The molecule has 2 rings (SSSR count). The van der Waals surface area contributed by atoms with Crippen molar-refractivity contribution in [1.82, 2.24) is 15.0 Å². The second kappa shape index (κ2) is 4.45. The Balaban J connectivity index is 2.08. The summed E-state index contributed by atoms with van der Waals surface area (Å²) in [5.41, 5.74) is 0.817. The third-order valence-corrected chi connectivity index (χ3v) is 3.23. The largest absolute Gasteiger partial charge is 0.481 e. The molecular formula is C8H7N3O2S2. The number of aliphatic carboxylic acids is 1. The molecule has 0 radical (unpaired) electrons. The van der Waals surface area contributed by atoms with E-state index in [1.807, 2.05) is 5.38 Å². The lowest BCUT2D eigenvalue weighted by atomic mass is 10.5. The summed E-state index contributed by atoms with van der Waals surface area (Å²) in [5.74, 6) is -0.850. The minimum absolute atomic E-state index is 0.00478. The molecule has 0 amide bonds. The highest BCUT2D eigenvalue weighted by atomic mass is 32.2. The van der Waals surface area contributed by atoms with Crippen LogP contribution in [-0.4, -0.2) is 31.8 Å². The number of rotatable bonds is 4. The standard InChI is InChI=1S/C8H7N3O2S2/c12-6(13)4-15-8-10-3-5(11-8)7-9-1-2-14-7/h1-3H,4H2,(H,10,11)(H,12,13). The zero-order valence-electron chi connectivity index (χ0n) is 7.51. The number of hydrogen-bond acceptors (Lipinski definition) is 5. The van der Waals surface area contributed by atoms with Crippen molar-refractivity contribution in [3.8, 4) is 10.7 Å². The van der Waals surface area contributed by atoms with Gasteiger partial charge in [0, 0.05) is 11.6 Å². The third kappa shape index (κ3) is 2.57. The van der Waals surface area contributed by atoms with E-state index in [0.29, 0.717) is 5.16 Å². The maximum atomic E-state index is 10.3. The van der Waals surface area contributed by atoms with Gasteiger partial charge in [-0.2, -0.15) is 0 Å². The third-order valence-electron chi connectivity index (χ3n) is 1.55. The van der Waals surface area contributed by atoms with Gasteiger partial charge in [0.2, 0.25) is 0 Å². The smallest absolute Gasteiger partial charge is 0.313 e.